The van der Waals surface area contributed by atoms with Crippen molar-refractivity contribution in [3.8, 4) is 0 Å². The van der Waals surface area contributed by atoms with E-state index >= 15 is 0 Å². The van der Waals surface area contributed by atoms with Crippen molar-refractivity contribution in [2.24, 2.45) is 11.7 Å². The van der Waals surface area contributed by atoms with E-state index < -0.39 is 12.0 Å². The lowest BCUT2D eigenvalue weighted by atomic mass is 9.82. The van der Waals surface area contributed by atoms with Gasteiger partial charge in [0.2, 0.25) is 0 Å². The lowest BCUT2D eigenvalue weighted by Crippen LogP contribution is -2.33. The molecule has 0 aliphatic heterocycles. The zero-order valence-corrected chi connectivity index (χ0v) is 14.7. The van der Waals surface area contributed by atoms with Gasteiger partial charge in [0.1, 0.15) is 6.04 Å². The van der Waals surface area contributed by atoms with Gasteiger partial charge < -0.3 is 10.8 Å². The van der Waals surface area contributed by atoms with Gasteiger partial charge in [0.05, 0.1) is 20.1 Å². The van der Waals surface area contributed by atoms with Crippen LogP contribution < -0.4 is 5.73 Å². The van der Waals surface area contributed by atoms with Crippen molar-refractivity contribution in [3.05, 3.63) is 31.7 Å². The summed E-state index contributed by atoms with van der Waals surface area (Å²) in [7, 11) is 0. The molecule has 3 atom stereocenters. The molecule has 1 rings (SSSR count). The number of aliphatic carboxylic acids is 1. The SMILES string of the molecule is CCC(CC(N)C(=O)O)C(C)c1cc(Cl)c(Cl)c(Cl)c1Cl. The van der Waals surface area contributed by atoms with Crippen LogP contribution in [0.2, 0.25) is 20.1 Å². The Morgan fingerprint density at radius 1 is 1.24 bits per heavy atom. The number of benzene rings is 1. The predicted octanol–water partition coefficient (Wildman–Crippen LogP) is 5.23. The minimum Gasteiger partial charge on any atom is -0.480 e. The minimum atomic E-state index is -1.01. The zero-order valence-electron chi connectivity index (χ0n) is 11.7. The molecular weight excluding hydrogens is 356 g/mol. The third kappa shape index (κ3) is 4.40. The lowest BCUT2D eigenvalue weighted by molar-refractivity contribution is -0.139. The highest BCUT2D eigenvalue weighted by molar-refractivity contribution is 6.52. The molecule has 0 saturated carbocycles. The van der Waals surface area contributed by atoms with Crippen LogP contribution in [0.25, 0.3) is 0 Å². The summed E-state index contributed by atoms with van der Waals surface area (Å²) in [5.74, 6) is -1.01. The average molecular weight is 373 g/mol. The van der Waals surface area contributed by atoms with E-state index in [0.29, 0.717) is 16.5 Å². The number of carboxylic acid groups (broad SMARTS) is 1. The Bertz CT molecular complexity index is 536. The predicted molar refractivity (Wildman–Crippen MR) is 88.9 cm³/mol. The quantitative estimate of drug-likeness (QED) is 0.530. The van der Waals surface area contributed by atoms with Crippen LogP contribution in [0.5, 0.6) is 0 Å². The van der Waals surface area contributed by atoms with E-state index in [-0.39, 0.29) is 21.9 Å². The van der Waals surface area contributed by atoms with E-state index in [1.165, 1.54) is 0 Å². The van der Waals surface area contributed by atoms with Crippen LogP contribution >= 0.6 is 46.4 Å². The van der Waals surface area contributed by atoms with Crippen LogP contribution in [0.15, 0.2) is 6.07 Å². The van der Waals surface area contributed by atoms with E-state index in [4.69, 9.17) is 57.2 Å². The molecule has 0 aliphatic rings. The standard InChI is InChI=1S/C14H17Cl4NO2/c1-3-7(4-10(19)14(20)21)6(2)8-5-9(15)12(17)13(18)11(8)16/h5-7,10H,3-4,19H2,1-2H3,(H,20,21). The van der Waals surface area contributed by atoms with Gasteiger partial charge in [-0.2, -0.15) is 0 Å². The maximum Gasteiger partial charge on any atom is 0.320 e. The van der Waals surface area contributed by atoms with Crippen LogP contribution in [0.4, 0.5) is 0 Å². The normalized spacial score (nSPS) is 15.6. The van der Waals surface area contributed by atoms with Gasteiger partial charge in [-0.1, -0.05) is 66.7 Å². The first-order valence-electron chi connectivity index (χ1n) is 6.51. The Balaban J connectivity index is 3.11. The van der Waals surface area contributed by atoms with E-state index in [2.05, 4.69) is 0 Å². The molecular formula is C14H17Cl4NO2. The highest BCUT2D eigenvalue weighted by Gasteiger charge is 2.26. The molecule has 7 heteroatoms. The fourth-order valence-electron chi connectivity index (χ4n) is 2.33. The molecule has 0 bridgehead atoms. The van der Waals surface area contributed by atoms with E-state index in [1.807, 2.05) is 13.8 Å². The lowest BCUT2D eigenvalue weighted by Gasteiger charge is -2.26. The number of carbonyl (C=O) groups is 1. The van der Waals surface area contributed by atoms with Crippen molar-refractivity contribution >= 4 is 52.4 Å². The molecule has 3 unspecified atom stereocenters. The monoisotopic (exact) mass is 371 g/mol. The second-order valence-electron chi connectivity index (χ2n) is 5.03. The molecule has 3 nitrogen and oxygen atoms in total. The summed E-state index contributed by atoms with van der Waals surface area (Å²) in [6.07, 6.45) is 1.11. The Kier molecular flexibility index (Phi) is 7.08. The first-order chi connectivity index (χ1) is 9.70. The second-order valence-corrected chi connectivity index (χ2v) is 6.57. The van der Waals surface area contributed by atoms with Crippen molar-refractivity contribution in [1.29, 1.82) is 0 Å². The maximum atomic E-state index is 10.9. The number of halogens is 4. The summed E-state index contributed by atoms with van der Waals surface area (Å²) < 4.78 is 0. The first-order valence-corrected chi connectivity index (χ1v) is 8.03. The van der Waals surface area contributed by atoms with Gasteiger partial charge in [-0.05, 0) is 29.9 Å². The van der Waals surface area contributed by atoms with Crippen molar-refractivity contribution in [3.63, 3.8) is 0 Å². The number of hydrogen-bond donors (Lipinski definition) is 2. The number of hydrogen-bond acceptors (Lipinski definition) is 2. The smallest absolute Gasteiger partial charge is 0.320 e. The summed E-state index contributed by atoms with van der Waals surface area (Å²) in [6, 6.07) is 0.770. The van der Waals surface area contributed by atoms with Crippen LogP contribution in [-0.2, 0) is 4.79 Å². The van der Waals surface area contributed by atoms with E-state index in [9.17, 15) is 4.79 Å². The number of carboxylic acids is 1. The molecule has 1 aromatic carbocycles. The summed E-state index contributed by atoms with van der Waals surface area (Å²) in [6.45, 7) is 3.92. The fraction of sp³-hybridized carbons (Fsp3) is 0.500. The minimum absolute atomic E-state index is 0.0415. The Morgan fingerprint density at radius 2 is 1.81 bits per heavy atom. The fourth-order valence-corrected chi connectivity index (χ4v) is 3.32. The Hall–Kier alpha value is -0.190. The summed E-state index contributed by atoms with van der Waals surface area (Å²) in [4.78, 5) is 10.9. The second kappa shape index (κ2) is 7.89. The highest BCUT2D eigenvalue weighted by Crippen LogP contribution is 2.43. The van der Waals surface area contributed by atoms with Crippen molar-refractivity contribution in [2.45, 2.75) is 38.6 Å². The van der Waals surface area contributed by atoms with Crippen molar-refractivity contribution in [2.75, 3.05) is 0 Å². The summed E-state index contributed by atoms with van der Waals surface area (Å²) >= 11 is 24.3. The molecule has 0 amide bonds. The largest absolute Gasteiger partial charge is 0.480 e. The van der Waals surface area contributed by atoms with Gasteiger partial charge in [0.25, 0.3) is 0 Å². The molecule has 0 aromatic heterocycles. The molecule has 3 N–H and O–H groups in total. The molecule has 0 spiro atoms. The summed E-state index contributed by atoms with van der Waals surface area (Å²) in [5, 5.41) is 10.0. The van der Waals surface area contributed by atoms with Crippen LogP contribution in [0.3, 0.4) is 0 Å². The first kappa shape index (κ1) is 18.9. The molecule has 0 aliphatic carbocycles. The Morgan fingerprint density at radius 3 is 2.29 bits per heavy atom. The van der Waals surface area contributed by atoms with Gasteiger partial charge in [-0.25, -0.2) is 0 Å². The van der Waals surface area contributed by atoms with E-state index in [0.717, 1.165) is 12.0 Å². The van der Waals surface area contributed by atoms with Gasteiger partial charge >= 0.3 is 5.97 Å². The highest BCUT2D eigenvalue weighted by atomic mass is 35.5. The Labute approximate surface area is 144 Å². The molecule has 0 fully saturated rings. The van der Waals surface area contributed by atoms with Crippen molar-refractivity contribution in [1.82, 2.24) is 0 Å². The van der Waals surface area contributed by atoms with Crippen molar-refractivity contribution < 1.29 is 9.90 Å². The third-order valence-electron chi connectivity index (χ3n) is 3.73. The third-order valence-corrected chi connectivity index (χ3v) is 5.49. The number of nitrogens with two attached hydrogens (primary N) is 1. The molecule has 118 valence electrons. The zero-order chi connectivity index (χ0) is 16.3. The molecule has 0 saturated heterocycles. The van der Waals surface area contributed by atoms with Crippen LogP contribution in [-0.4, -0.2) is 17.1 Å². The van der Waals surface area contributed by atoms with Crippen LogP contribution in [0.1, 0.15) is 38.2 Å². The summed E-state index contributed by atoms with van der Waals surface area (Å²) in [5.41, 5.74) is 6.38. The molecule has 21 heavy (non-hydrogen) atoms. The van der Waals surface area contributed by atoms with Gasteiger partial charge in [-0.15, -0.1) is 0 Å². The maximum absolute atomic E-state index is 10.9. The molecule has 1 aromatic rings. The number of rotatable bonds is 6. The topological polar surface area (TPSA) is 63.3 Å². The molecule has 0 radical (unpaired) electrons. The van der Waals surface area contributed by atoms with Gasteiger partial charge in [-0.3, -0.25) is 4.79 Å². The average Bonchev–Trinajstić information content (AvgIpc) is 2.45. The van der Waals surface area contributed by atoms with Gasteiger partial charge in [0.15, 0.2) is 0 Å². The molecule has 0 heterocycles. The van der Waals surface area contributed by atoms with Gasteiger partial charge in [0, 0.05) is 0 Å². The van der Waals surface area contributed by atoms with Crippen LogP contribution in [0, 0.1) is 5.92 Å². The van der Waals surface area contributed by atoms with E-state index in [1.54, 1.807) is 6.07 Å².